The maximum atomic E-state index is 11.5. The normalized spacial score (nSPS) is 16.6. The summed E-state index contributed by atoms with van der Waals surface area (Å²) < 4.78 is 0. The predicted octanol–water partition coefficient (Wildman–Crippen LogP) is 2.05. The van der Waals surface area contributed by atoms with Gasteiger partial charge in [0.05, 0.1) is 0 Å². The molecule has 1 aliphatic heterocycles. The number of nitrogens with one attached hydrogen (secondary N) is 2. The van der Waals surface area contributed by atoms with Crippen molar-refractivity contribution in [3.8, 4) is 0 Å². The molecule has 0 saturated carbocycles. The fraction of sp³-hybridized carbons (Fsp3) is 0.500. The fourth-order valence-electron chi connectivity index (χ4n) is 1.83. The number of barbiturate groups is 1. The second-order valence-electron chi connectivity index (χ2n) is 5.01. The molecular formula is C14H20N2O3. The van der Waals surface area contributed by atoms with Crippen LogP contribution in [-0.4, -0.2) is 17.8 Å². The van der Waals surface area contributed by atoms with Crippen LogP contribution in [0.1, 0.15) is 40.0 Å². The van der Waals surface area contributed by atoms with Crippen molar-refractivity contribution >= 4 is 17.8 Å². The van der Waals surface area contributed by atoms with E-state index in [0.717, 1.165) is 19.3 Å². The summed E-state index contributed by atoms with van der Waals surface area (Å²) >= 11 is 0. The Morgan fingerprint density at radius 1 is 1.16 bits per heavy atom. The van der Waals surface area contributed by atoms with Gasteiger partial charge in [-0.15, -0.1) is 0 Å². The molecule has 0 unspecified atom stereocenters. The number of carbonyl (C=O) groups is 3. The minimum atomic E-state index is -0.761. The largest absolute Gasteiger partial charge is 0.328 e. The first-order chi connectivity index (χ1) is 8.90. The highest BCUT2D eigenvalue weighted by molar-refractivity contribution is 6.28. The Kier molecular flexibility index (Phi) is 5.48. The summed E-state index contributed by atoms with van der Waals surface area (Å²) in [5.74, 6) is -1.12. The summed E-state index contributed by atoms with van der Waals surface area (Å²) in [7, 11) is 0. The van der Waals surface area contributed by atoms with Crippen LogP contribution in [0.3, 0.4) is 0 Å². The zero-order valence-electron chi connectivity index (χ0n) is 11.6. The van der Waals surface area contributed by atoms with Crippen LogP contribution < -0.4 is 10.6 Å². The molecule has 19 heavy (non-hydrogen) atoms. The zero-order valence-corrected chi connectivity index (χ0v) is 11.6. The molecule has 1 saturated heterocycles. The lowest BCUT2D eigenvalue weighted by Gasteiger charge is -2.15. The van der Waals surface area contributed by atoms with Crippen molar-refractivity contribution in [2.75, 3.05) is 0 Å². The molecule has 1 atom stereocenters. The smallest absolute Gasteiger partial charge is 0.273 e. The van der Waals surface area contributed by atoms with Crippen LogP contribution in [0, 0.1) is 5.92 Å². The molecule has 104 valence electrons. The molecule has 0 radical (unpaired) electrons. The Balaban J connectivity index is 2.53. The van der Waals surface area contributed by atoms with Gasteiger partial charge in [0.25, 0.3) is 11.8 Å². The van der Waals surface area contributed by atoms with Crippen LogP contribution in [0.5, 0.6) is 0 Å². The second-order valence-corrected chi connectivity index (χ2v) is 5.01. The summed E-state index contributed by atoms with van der Waals surface area (Å²) in [6, 6.07) is -0.761. The number of hydrogen-bond donors (Lipinski definition) is 2. The van der Waals surface area contributed by atoms with Gasteiger partial charge in [-0.05, 0) is 39.0 Å². The minimum absolute atomic E-state index is 0.0225. The lowest BCUT2D eigenvalue weighted by molar-refractivity contribution is -0.124. The number of amides is 4. The molecule has 0 aromatic carbocycles. The molecule has 0 spiro atoms. The van der Waals surface area contributed by atoms with E-state index in [1.807, 2.05) is 6.92 Å². The maximum absolute atomic E-state index is 11.5. The zero-order chi connectivity index (χ0) is 14.4. The molecule has 1 heterocycles. The maximum Gasteiger partial charge on any atom is 0.328 e. The Labute approximate surface area is 113 Å². The Hall–Kier alpha value is -1.91. The Morgan fingerprint density at radius 3 is 2.26 bits per heavy atom. The molecular weight excluding hydrogens is 244 g/mol. The third-order valence-electron chi connectivity index (χ3n) is 2.81. The number of hydrogen-bond acceptors (Lipinski definition) is 3. The van der Waals surface area contributed by atoms with Crippen molar-refractivity contribution in [1.82, 2.24) is 10.6 Å². The van der Waals surface area contributed by atoms with Crippen molar-refractivity contribution in [2.45, 2.75) is 40.0 Å². The van der Waals surface area contributed by atoms with E-state index in [1.54, 1.807) is 6.08 Å². The minimum Gasteiger partial charge on any atom is -0.273 e. The van der Waals surface area contributed by atoms with Crippen molar-refractivity contribution in [1.29, 1.82) is 0 Å². The van der Waals surface area contributed by atoms with Gasteiger partial charge in [0, 0.05) is 0 Å². The van der Waals surface area contributed by atoms with E-state index in [1.165, 1.54) is 5.57 Å². The van der Waals surface area contributed by atoms with E-state index in [-0.39, 0.29) is 11.5 Å². The number of urea groups is 1. The van der Waals surface area contributed by atoms with Crippen LogP contribution in [0.15, 0.2) is 23.3 Å². The SMILES string of the molecule is CC(C)=CCCC[C@H](C)C=C1C(=O)NC(=O)NC1=O. The first kappa shape index (κ1) is 15.1. The molecule has 1 fully saturated rings. The van der Waals surface area contributed by atoms with Gasteiger partial charge in [-0.25, -0.2) is 4.79 Å². The highest BCUT2D eigenvalue weighted by Crippen LogP contribution is 2.14. The van der Waals surface area contributed by atoms with Crippen molar-refractivity contribution in [3.05, 3.63) is 23.3 Å². The van der Waals surface area contributed by atoms with Gasteiger partial charge in [0.1, 0.15) is 5.57 Å². The van der Waals surface area contributed by atoms with Gasteiger partial charge in [-0.1, -0.05) is 24.6 Å². The van der Waals surface area contributed by atoms with Gasteiger partial charge < -0.3 is 0 Å². The molecule has 1 rings (SSSR count). The topological polar surface area (TPSA) is 75.3 Å². The fourth-order valence-corrected chi connectivity index (χ4v) is 1.83. The lowest BCUT2D eigenvalue weighted by Crippen LogP contribution is -2.51. The van der Waals surface area contributed by atoms with Gasteiger partial charge in [0.15, 0.2) is 0 Å². The van der Waals surface area contributed by atoms with Gasteiger partial charge >= 0.3 is 6.03 Å². The molecule has 2 N–H and O–H groups in total. The number of allylic oxidation sites excluding steroid dienone is 3. The Morgan fingerprint density at radius 2 is 1.74 bits per heavy atom. The van der Waals surface area contributed by atoms with Gasteiger partial charge in [0.2, 0.25) is 0 Å². The molecule has 0 aromatic heterocycles. The third-order valence-corrected chi connectivity index (χ3v) is 2.81. The standard InChI is InChI=1S/C14H20N2O3/c1-9(2)6-4-5-7-10(3)8-11-12(17)15-14(19)16-13(11)18/h6,8,10H,4-5,7H2,1-3H3,(H2,15,16,17,18,19)/t10-/m0/s1. The first-order valence-corrected chi connectivity index (χ1v) is 6.42. The van der Waals surface area contributed by atoms with E-state index in [4.69, 9.17) is 0 Å². The third kappa shape index (κ3) is 5.07. The van der Waals surface area contributed by atoms with Crippen LogP contribution in [0.2, 0.25) is 0 Å². The second kappa shape index (κ2) is 6.87. The molecule has 4 amide bonds. The summed E-state index contributed by atoms with van der Waals surface area (Å²) in [6.45, 7) is 6.06. The Bertz CT molecular complexity index is 424. The van der Waals surface area contributed by atoms with E-state index in [9.17, 15) is 14.4 Å². The average Bonchev–Trinajstić information content (AvgIpc) is 2.29. The number of rotatable bonds is 5. The van der Waals surface area contributed by atoms with Crippen LogP contribution in [-0.2, 0) is 9.59 Å². The molecule has 5 heteroatoms. The van der Waals surface area contributed by atoms with Gasteiger partial charge in [-0.2, -0.15) is 0 Å². The predicted molar refractivity (Wildman–Crippen MR) is 72.2 cm³/mol. The molecule has 5 nitrogen and oxygen atoms in total. The van der Waals surface area contributed by atoms with Gasteiger partial charge in [-0.3, -0.25) is 20.2 Å². The summed E-state index contributed by atoms with van der Waals surface area (Å²) in [5.41, 5.74) is 1.31. The van der Waals surface area contributed by atoms with Crippen molar-refractivity contribution in [3.63, 3.8) is 0 Å². The molecule has 0 bridgehead atoms. The summed E-state index contributed by atoms with van der Waals surface area (Å²) in [5, 5.41) is 4.12. The molecule has 0 aromatic rings. The first-order valence-electron chi connectivity index (χ1n) is 6.42. The van der Waals surface area contributed by atoms with E-state index < -0.39 is 17.8 Å². The highest BCUT2D eigenvalue weighted by atomic mass is 16.2. The average molecular weight is 264 g/mol. The quantitative estimate of drug-likeness (QED) is 0.345. The van der Waals surface area contributed by atoms with Crippen molar-refractivity contribution < 1.29 is 14.4 Å². The molecule has 1 aliphatic rings. The monoisotopic (exact) mass is 264 g/mol. The van der Waals surface area contributed by atoms with Crippen LogP contribution >= 0.6 is 0 Å². The number of unbranched alkanes of at least 4 members (excludes halogenated alkanes) is 1. The van der Waals surface area contributed by atoms with E-state index in [2.05, 4.69) is 30.6 Å². The lowest BCUT2D eigenvalue weighted by atomic mass is 9.99. The number of imide groups is 2. The van der Waals surface area contributed by atoms with E-state index >= 15 is 0 Å². The van der Waals surface area contributed by atoms with Crippen LogP contribution in [0.25, 0.3) is 0 Å². The number of carbonyl (C=O) groups excluding carboxylic acids is 3. The highest BCUT2D eigenvalue weighted by Gasteiger charge is 2.27. The van der Waals surface area contributed by atoms with Crippen LogP contribution in [0.4, 0.5) is 4.79 Å². The summed E-state index contributed by atoms with van der Waals surface area (Å²) in [6.07, 6.45) is 6.67. The van der Waals surface area contributed by atoms with Crippen molar-refractivity contribution in [2.24, 2.45) is 5.92 Å². The van der Waals surface area contributed by atoms with E-state index in [0.29, 0.717) is 0 Å². The summed E-state index contributed by atoms with van der Waals surface area (Å²) in [4.78, 5) is 33.9. The molecule has 0 aliphatic carbocycles.